The van der Waals surface area contributed by atoms with Crippen molar-refractivity contribution in [3.8, 4) is 0 Å². The van der Waals surface area contributed by atoms with Gasteiger partial charge in [0.2, 0.25) is 0 Å². The molecule has 1 atom stereocenters. The second-order valence-electron chi connectivity index (χ2n) is 9.78. The van der Waals surface area contributed by atoms with Crippen molar-refractivity contribution < 1.29 is 22.4 Å². The van der Waals surface area contributed by atoms with E-state index in [0.717, 1.165) is 17.7 Å². The molecule has 0 spiro atoms. The third-order valence-electron chi connectivity index (χ3n) is 6.11. The summed E-state index contributed by atoms with van der Waals surface area (Å²) in [5.41, 5.74) is 6.80. The van der Waals surface area contributed by atoms with Gasteiger partial charge in [0.1, 0.15) is 23.1 Å². The van der Waals surface area contributed by atoms with Gasteiger partial charge in [-0.05, 0) is 82.7 Å². The van der Waals surface area contributed by atoms with E-state index in [1.54, 1.807) is 45.3 Å². The van der Waals surface area contributed by atoms with E-state index >= 15 is 0 Å². The fraction of sp³-hybridized carbons (Fsp3) is 0.219. The van der Waals surface area contributed by atoms with Crippen LogP contribution in [0.15, 0.2) is 108 Å². The average molecular weight is 623 g/mol. The first-order valence-electron chi connectivity index (χ1n) is 13.8. The highest BCUT2D eigenvalue weighted by atomic mass is 19.4. The Kier molecular flexibility index (Phi) is 11.7. The first-order valence-corrected chi connectivity index (χ1v) is 13.8. The van der Waals surface area contributed by atoms with E-state index in [0.29, 0.717) is 16.9 Å². The van der Waals surface area contributed by atoms with E-state index in [-0.39, 0.29) is 22.9 Å². The number of nitrogens with one attached hydrogen (secondary N) is 3. The Morgan fingerprint density at radius 3 is 2.40 bits per heavy atom. The molecule has 3 aromatic rings. The smallest absolute Gasteiger partial charge is 0.378 e. The summed E-state index contributed by atoms with van der Waals surface area (Å²) in [7, 11) is 0. The molecule has 0 aromatic carbocycles. The predicted molar refractivity (Wildman–Crippen MR) is 168 cm³/mol. The summed E-state index contributed by atoms with van der Waals surface area (Å²) in [5, 5.41) is 2.93. The Hall–Kier alpha value is -5.33. The molecule has 3 rings (SSSR count). The van der Waals surface area contributed by atoms with Gasteiger partial charge < -0.3 is 9.88 Å². The number of hydrazine groups is 1. The summed E-state index contributed by atoms with van der Waals surface area (Å²) in [6, 6.07) is 3.89. The summed E-state index contributed by atoms with van der Waals surface area (Å²) in [6.07, 6.45) is 8.97. The van der Waals surface area contributed by atoms with Crippen molar-refractivity contribution in [2.75, 3.05) is 5.32 Å². The van der Waals surface area contributed by atoms with Crippen LogP contribution in [-0.4, -0.2) is 43.4 Å². The largest absolute Gasteiger partial charge is 0.416 e. The second-order valence-corrected chi connectivity index (χ2v) is 9.78. The van der Waals surface area contributed by atoms with E-state index in [9.17, 15) is 22.4 Å². The third kappa shape index (κ3) is 9.85. The lowest BCUT2D eigenvalue weighted by atomic mass is 10.1. The maximum absolute atomic E-state index is 14.6. The number of hydrogen-bond donors (Lipinski definition) is 3. The highest BCUT2D eigenvalue weighted by Crippen LogP contribution is 2.29. The van der Waals surface area contributed by atoms with Gasteiger partial charge in [-0.25, -0.2) is 19.4 Å². The Morgan fingerprint density at radius 2 is 1.84 bits per heavy atom. The number of rotatable bonds is 12. The highest BCUT2D eigenvalue weighted by Gasteiger charge is 2.32. The summed E-state index contributed by atoms with van der Waals surface area (Å²) in [6.45, 7) is 11.9. The molecule has 3 heterocycles. The Morgan fingerprint density at radius 1 is 1.09 bits per heavy atom. The number of carbonyl (C=O) groups is 1. The fourth-order valence-electron chi connectivity index (χ4n) is 3.92. The minimum atomic E-state index is -4.63. The van der Waals surface area contributed by atoms with Crippen LogP contribution in [0.1, 0.15) is 48.1 Å². The molecule has 1 unspecified atom stereocenters. The number of carbonyl (C=O) groups excluding carboxylic acids is 1. The quantitative estimate of drug-likeness (QED) is 0.0891. The van der Waals surface area contributed by atoms with Crippen LogP contribution in [0.2, 0.25) is 0 Å². The number of halogens is 4. The number of alkyl halides is 3. The van der Waals surface area contributed by atoms with Gasteiger partial charge in [-0.1, -0.05) is 12.7 Å². The number of anilines is 1. The van der Waals surface area contributed by atoms with Crippen molar-refractivity contribution >= 4 is 23.0 Å². The van der Waals surface area contributed by atoms with Crippen molar-refractivity contribution in [3.05, 3.63) is 126 Å². The van der Waals surface area contributed by atoms with Crippen LogP contribution in [0.4, 0.5) is 23.2 Å². The minimum Gasteiger partial charge on any atom is -0.378 e. The number of aliphatic imine (C=N–C) groups is 1. The molecule has 0 aliphatic rings. The number of allylic oxidation sites excluding steroid dienone is 7. The molecule has 13 heteroatoms. The van der Waals surface area contributed by atoms with Gasteiger partial charge in [0, 0.05) is 35.9 Å². The fourth-order valence-corrected chi connectivity index (χ4v) is 3.92. The van der Waals surface area contributed by atoms with E-state index in [4.69, 9.17) is 0 Å². The van der Waals surface area contributed by atoms with Gasteiger partial charge in [-0.15, -0.1) is 0 Å². The molecule has 0 radical (unpaired) electrons. The molecule has 1 amide bonds. The molecule has 0 fully saturated rings. The van der Waals surface area contributed by atoms with Gasteiger partial charge >= 0.3 is 6.18 Å². The lowest BCUT2D eigenvalue weighted by Gasteiger charge is -2.16. The van der Waals surface area contributed by atoms with Crippen LogP contribution >= 0.6 is 0 Å². The monoisotopic (exact) mass is 622 g/mol. The van der Waals surface area contributed by atoms with Crippen LogP contribution in [0.3, 0.4) is 0 Å². The van der Waals surface area contributed by atoms with E-state index in [1.807, 2.05) is 6.92 Å². The normalized spacial score (nSPS) is 14.2. The lowest BCUT2D eigenvalue weighted by Crippen LogP contribution is -2.37. The lowest BCUT2D eigenvalue weighted by molar-refractivity contribution is -0.0884. The topological polar surface area (TPSA) is 109 Å². The summed E-state index contributed by atoms with van der Waals surface area (Å²) in [5.74, 6) is -1.03. The summed E-state index contributed by atoms with van der Waals surface area (Å²) >= 11 is 0. The number of amides is 1. The Bertz CT molecular complexity index is 1660. The molecule has 0 aliphatic heterocycles. The number of aryl methyl sites for hydroxylation is 2. The van der Waals surface area contributed by atoms with E-state index in [2.05, 4.69) is 42.7 Å². The van der Waals surface area contributed by atoms with Crippen LogP contribution in [-0.2, 0) is 0 Å². The van der Waals surface area contributed by atoms with Crippen molar-refractivity contribution in [2.24, 2.45) is 4.99 Å². The predicted octanol–water partition coefficient (Wildman–Crippen LogP) is 6.76. The number of pyridine rings is 2. The number of hydrogen-bond acceptors (Lipinski definition) is 7. The molecular formula is C32H34F4N8O. The molecule has 3 aromatic heterocycles. The standard InChI is InChI=1S/C32H34F4N8O/c1-7-26(44-18-22(6)39-19-44)14-24(32(34,35)36)13-21(5)40-25-10-11-28(38-17-25)31(45)43-42-29(9-3)41-30(27(33)8-2)23-12-20(4)15-37-16-23/h7-19,21,40,42H,1H2,2-6H3,(H,43,45)/b24-13+,26-14+,27-8+,29-9-,41-30-. The molecule has 9 nitrogen and oxygen atoms in total. The zero-order valence-corrected chi connectivity index (χ0v) is 25.4. The molecule has 3 N–H and O–H groups in total. The number of aromatic nitrogens is 4. The number of nitrogens with zero attached hydrogens (tertiary/aromatic N) is 5. The van der Waals surface area contributed by atoms with Gasteiger partial charge in [-0.2, -0.15) is 13.2 Å². The molecule has 0 saturated carbocycles. The third-order valence-corrected chi connectivity index (χ3v) is 6.11. The first kappa shape index (κ1) is 34.2. The molecule has 0 aliphatic carbocycles. The van der Waals surface area contributed by atoms with Gasteiger partial charge in [0.15, 0.2) is 0 Å². The molecule has 236 valence electrons. The maximum Gasteiger partial charge on any atom is 0.416 e. The molecule has 45 heavy (non-hydrogen) atoms. The minimum absolute atomic E-state index is 0.0172. The zero-order valence-electron chi connectivity index (χ0n) is 25.4. The van der Waals surface area contributed by atoms with Crippen molar-refractivity contribution in [1.82, 2.24) is 30.4 Å². The Balaban J connectivity index is 1.70. The summed E-state index contributed by atoms with van der Waals surface area (Å²) < 4.78 is 57.7. The number of imidazole rings is 1. The molecule has 0 bridgehead atoms. The van der Waals surface area contributed by atoms with E-state index < -0.39 is 29.5 Å². The van der Waals surface area contributed by atoms with Gasteiger partial charge in [0.05, 0.1) is 29.5 Å². The second kappa shape index (κ2) is 15.4. The maximum atomic E-state index is 14.6. The van der Waals surface area contributed by atoms with Crippen molar-refractivity contribution in [1.29, 1.82) is 0 Å². The first-order chi connectivity index (χ1) is 21.3. The highest BCUT2D eigenvalue weighted by molar-refractivity contribution is 6.11. The zero-order chi connectivity index (χ0) is 33.1. The Labute approximate surface area is 258 Å². The van der Waals surface area contributed by atoms with Gasteiger partial charge in [0.25, 0.3) is 5.91 Å². The van der Waals surface area contributed by atoms with E-state index in [1.165, 1.54) is 54.5 Å². The average Bonchev–Trinajstić information content (AvgIpc) is 3.44. The SMILES string of the molecule is C=C/C(=C\C(=C/C(C)Nc1ccc(C(=O)NNC(=C\C)/N=C(\C(F)=C/C)c2cncc(C)c2)nc1)C(F)(F)F)n1cnc(C)c1. The summed E-state index contributed by atoms with van der Waals surface area (Å²) in [4.78, 5) is 29.3. The van der Waals surface area contributed by atoms with Crippen molar-refractivity contribution in [2.45, 2.75) is 46.8 Å². The van der Waals surface area contributed by atoms with Crippen LogP contribution in [0, 0.1) is 13.8 Å². The molecule has 0 saturated heterocycles. The molecular weight excluding hydrogens is 588 g/mol. The van der Waals surface area contributed by atoms with Crippen LogP contribution in [0.25, 0.3) is 5.70 Å². The van der Waals surface area contributed by atoms with Gasteiger partial charge in [-0.3, -0.25) is 20.6 Å². The van der Waals surface area contributed by atoms with Crippen LogP contribution < -0.4 is 16.2 Å². The van der Waals surface area contributed by atoms with Crippen molar-refractivity contribution in [3.63, 3.8) is 0 Å². The van der Waals surface area contributed by atoms with Crippen LogP contribution in [0.5, 0.6) is 0 Å².